The van der Waals surface area contributed by atoms with Gasteiger partial charge in [0.1, 0.15) is 6.54 Å². The Balaban J connectivity index is 1.43. The van der Waals surface area contributed by atoms with E-state index in [0.29, 0.717) is 11.4 Å². The smallest absolute Gasteiger partial charge is 0.267 e. The minimum atomic E-state index is -0.325. The Kier molecular flexibility index (Phi) is 6.25. The molecule has 0 saturated carbocycles. The predicted octanol–water partition coefficient (Wildman–Crippen LogP) is 3.15. The van der Waals surface area contributed by atoms with Crippen molar-refractivity contribution in [2.75, 3.05) is 36.5 Å². The molecule has 1 aliphatic heterocycles. The maximum atomic E-state index is 12.5. The summed E-state index contributed by atoms with van der Waals surface area (Å²) in [4.78, 5) is 26.9. The molecule has 1 N–H and O–H groups in total. The fourth-order valence-corrected chi connectivity index (χ4v) is 3.51. The van der Waals surface area contributed by atoms with E-state index in [1.807, 2.05) is 48.5 Å². The number of nitrogens with zero attached hydrogens (tertiary/aromatic N) is 3. The Morgan fingerprint density at radius 3 is 2.40 bits per heavy atom. The van der Waals surface area contributed by atoms with Gasteiger partial charge in [-0.1, -0.05) is 28.1 Å². The van der Waals surface area contributed by atoms with E-state index in [4.69, 9.17) is 4.74 Å². The van der Waals surface area contributed by atoms with Crippen LogP contribution >= 0.6 is 15.9 Å². The molecule has 30 heavy (non-hydrogen) atoms. The number of aromatic nitrogens is 2. The van der Waals surface area contributed by atoms with Crippen LogP contribution in [-0.4, -0.2) is 42.0 Å². The summed E-state index contributed by atoms with van der Waals surface area (Å²) >= 11 is 3.40. The molecule has 1 saturated heterocycles. The number of hydrogen-bond donors (Lipinski definition) is 1. The van der Waals surface area contributed by atoms with Gasteiger partial charge in [0.15, 0.2) is 0 Å². The Labute approximate surface area is 182 Å². The van der Waals surface area contributed by atoms with Crippen molar-refractivity contribution < 1.29 is 9.53 Å². The van der Waals surface area contributed by atoms with E-state index in [2.05, 4.69) is 31.2 Å². The number of morpholine rings is 1. The summed E-state index contributed by atoms with van der Waals surface area (Å²) in [6.07, 6.45) is 0. The number of anilines is 2. The van der Waals surface area contributed by atoms with Crippen molar-refractivity contribution in [2.45, 2.75) is 6.54 Å². The number of amides is 1. The fourth-order valence-electron chi connectivity index (χ4n) is 3.25. The van der Waals surface area contributed by atoms with Crippen molar-refractivity contribution in [1.82, 2.24) is 9.78 Å². The molecule has 1 aliphatic rings. The van der Waals surface area contributed by atoms with Crippen molar-refractivity contribution in [2.24, 2.45) is 0 Å². The van der Waals surface area contributed by atoms with Gasteiger partial charge in [0, 0.05) is 40.6 Å². The molecule has 4 rings (SSSR count). The van der Waals surface area contributed by atoms with E-state index in [1.165, 1.54) is 10.7 Å². The second kappa shape index (κ2) is 9.23. The highest BCUT2D eigenvalue weighted by Gasteiger charge is 2.12. The lowest BCUT2D eigenvalue weighted by atomic mass is 10.1. The SMILES string of the molecule is O=C(Cn1nc(-c2ccc(Br)cc2)ccc1=O)Nc1ccc(N2CCOCC2)cc1. The van der Waals surface area contributed by atoms with Crippen LogP contribution in [0.3, 0.4) is 0 Å². The zero-order valence-corrected chi connectivity index (χ0v) is 17.8. The molecule has 0 bridgehead atoms. The summed E-state index contributed by atoms with van der Waals surface area (Å²) in [5, 5.41) is 7.17. The summed E-state index contributed by atoms with van der Waals surface area (Å²) in [6.45, 7) is 3.00. The molecule has 154 valence electrons. The molecule has 1 aromatic heterocycles. The Morgan fingerprint density at radius 1 is 1.00 bits per heavy atom. The first kappa shape index (κ1) is 20.3. The molecule has 0 spiro atoms. The Morgan fingerprint density at radius 2 is 1.70 bits per heavy atom. The third-order valence-electron chi connectivity index (χ3n) is 4.83. The van der Waals surface area contributed by atoms with Crippen LogP contribution in [0.2, 0.25) is 0 Å². The number of halogens is 1. The van der Waals surface area contributed by atoms with E-state index in [-0.39, 0.29) is 18.0 Å². The van der Waals surface area contributed by atoms with Gasteiger partial charge in [-0.2, -0.15) is 5.10 Å². The van der Waals surface area contributed by atoms with Crippen LogP contribution in [0, 0.1) is 0 Å². The minimum Gasteiger partial charge on any atom is -0.378 e. The van der Waals surface area contributed by atoms with Gasteiger partial charge in [0.2, 0.25) is 5.91 Å². The molecule has 0 atom stereocenters. The molecule has 1 fully saturated rings. The van der Waals surface area contributed by atoms with Crippen LogP contribution in [0.25, 0.3) is 11.3 Å². The average molecular weight is 469 g/mol. The van der Waals surface area contributed by atoms with E-state index in [1.54, 1.807) is 6.07 Å². The fraction of sp³-hybridized carbons (Fsp3) is 0.227. The van der Waals surface area contributed by atoms with Crippen molar-refractivity contribution in [3.05, 3.63) is 75.5 Å². The standard InChI is InChI=1S/C22H21BrN4O3/c23-17-3-1-16(2-4-17)20-9-10-22(29)27(25-20)15-21(28)24-18-5-7-19(8-6-18)26-11-13-30-14-12-26/h1-10H,11-15H2,(H,24,28). The van der Waals surface area contributed by atoms with Crippen LogP contribution in [0.4, 0.5) is 11.4 Å². The van der Waals surface area contributed by atoms with Gasteiger partial charge in [-0.25, -0.2) is 4.68 Å². The Hall–Kier alpha value is -2.97. The summed E-state index contributed by atoms with van der Waals surface area (Å²) in [6, 6.07) is 18.3. The maximum absolute atomic E-state index is 12.5. The number of benzene rings is 2. The van der Waals surface area contributed by atoms with Crippen LogP contribution in [0.15, 0.2) is 69.9 Å². The summed E-state index contributed by atoms with van der Waals surface area (Å²) in [5.74, 6) is -0.309. The summed E-state index contributed by atoms with van der Waals surface area (Å²) in [7, 11) is 0. The number of hydrogen-bond acceptors (Lipinski definition) is 5. The number of carbonyl (C=O) groups is 1. The van der Waals surface area contributed by atoms with Crippen LogP contribution in [-0.2, 0) is 16.1 Å². The largest absolute Gasteiger partial charge is 0.378 e. The first-order valence-electron chi connectivity index (χ1n) is 9.65. The molecule has 0 aliphatic carbocycles. The van der Waals surface area contributed by atoms with Gasteiger partial charge in [0.25, 0.3) is 5.56 Å². The molecule has 3 aromatic rings. The molecule has 2 heterocycles. The van der Waals surface area contributed by atoms with Gasteiger partial charge < -0.3 is 15.0 Å². The number of ether oxygens (including phenoxy) is 1. The molecule has 2 aromatic carbocycles. The number of carbonyl (C=O) groups excluding carboxylic acids is 1. The van der Waals surface area contributed by atoms with Crippen LogP contribution in [0.1, 0.15) is 0 Å². The highest BCUT2D eigenvalue weighted by molar-refractivity contribution is 9.10. The van der Waals surface area contributed by atoms with Crippen LogP contribution in [0.5, 0.6) is 0 Å². The third-order valence-corrected chi connectivity index (χ3v) is 5.36. The molecule has 0 radical (unpaired) electrons. The van der Waals surface area contributed by atoms with Crippen molar-refractivity contribution in [1.29, 1.82) is 0 Å². The second-order valence-electron chi connectivity index (χ2n) is 6.92. The van der Waals surface area contributed by atoms with Crippen molar-refractivity contribution in [3.8, 4) is 11.3 Å². The normalized spacial score (nSPS) is 13.8. The highest BCUT2D eigenvalue weighted by atomic mass is 79.9. The molecular formula is C22H21BrN4O3. The molecule has 0 unspecified atom stereocenters. The number of rotatable bonds is 5. The molecule has 8 heteroatoms. The summed E-state index contributed by atoms with van der Waals surface area (Å²) in [5.41, 5.74) is 2.94. The lowest BCUT2D eigenvalue weighted by Crippen LogP contribution is -2.36. The molecular weight excluding hydrogens is 448 g/mol. The molecule has 1 amide bonds. The van der Waals surface area contributed by atoms with Gasteiger partial charge in [-0.3, -0.25) is 9.59 Å². The molecule has 7 nitrogen and oxygen atoms in total. The van der Waals surface area contributed by atoms with Gasteiger partial charge >= 0.3 is 0 Å². The zero-order chi connectivity index (χ0) is 20.9. The minimum absolute atomic E-state index is 0.158. The van der Waals surface area contributed by atoms with E-state index in [0.717, 1.165) is 42.0 Å². The van der Waals surface area contributed by atoms with Gasteiger partial charge in [-0.15, -0.1) is 0 Å². The quantitative estimate of drug-likeness (QED) is 0.622. The van der Waals surface area contributed by atoms with E-state index >= 15 is 0 Å². The predicted molar refractivity (Wildman–Crippen MR) is 120 cm³/mol. The van der Waals surface area contributed by atoms with Gasteiger partial charge in [0.05, 0.1) is 18.9 Å². The Bertz CT molecular complexity index is 1070. The maximum Gasteiger partial charge on any atom is 0.267 e. The first-order valence-corrected chi connectivity index (χ1v) is 10.4. The zero-order valence-electron chi connectivity index (χ0n) is 16.3. The topological polar surface area (TPSA) is 76.5 Å². The van der Waals surface area contributed by atoms with Gasteiger partial charge in [-0.05, 0) is 42.5 Å². The first-order chi connectivity index (χ1) is 14.6. The number of nitrogens with one attached hydrogen (secondary N) is 1. The van der Waals surface area contributed by atoms with E-state index < -0.39 is 0 Å². The van der Waals surface area contributed by atoms with Crippen molar-refractivity contribution >= 4 is 33.2 Å². The second-order valence-corrected chi connectivity index (χ2v) is 7.83. The van der Waals surface area contributed by atoms with E-state index in [9.17, 15) is 9.59 Å². The monoisotopic (exact) mass is 468 g/mol. The lowest BCUT2D eigenvalue weighted by Gasteiger charge is -2.28. The van der Waals surface area contributed by atoms with Crippen molar-refractivity contribution in [3.63, 3.8) is 0 Å². The lowest BCUT2D eigenvalue weighted by molar-refractivity contribution is -0.117. The van der Waals surface area contributed by atoms with Crippen LogP contribution < -0.4 is 15.8 Å². The summed E-state index contributed by atoms with van der Waals surface area (Å²) < 4.78 is 7.50. The highest BCUT2D eigenvalue weighted by Crippen LogP contribution is 2.20. The third kappa shape index (κ3) is 4.95. The average Bonchev–Trinajstić information content (AvgIpc) is 2.77.